The predicted molar refractivity (Wildman–Crippen MR) is 54.6 cm³/mol. The van der Waals surface area contributed by atoms with Crippen LogP contribution in [0.3, 0.4) is 0 Å². The molecule has 0 aliphatic carbocycles. The summed E-state index contributed by atoms with van der Waals surface area (Å²) in [5, 5.41) is 4.30. The fourth-order valence-electron chi connectivity index (χ4n) is 0.801. The van der Waals surface area contributed by atoms with Gasteiger partial charge in [-0.1, -0.05) is 6.08 Å². The average molecular weight is 183 g/mol. The van der Waals surface area contributed by atoms with Gasteiger partial charge >= 0.3 is 0 Å². The molecule has 0 aromatic carbocycles. The van der Waals surface area contributed by atoms with E-state index in [1.165, 1.54) is 11.5 Å². The lowest BCUT2D eigenvalue weighted by molar-refractivity contribution is 1.07. The number of aromatic nitrogens is 1. The van der Waals surface area contributed by atoms with Crippen molar-refractivity contribution in [3.63, 3.8) is 0 Å². The molecule has 66 valence electrons. The van der Waals surface area contributed by atoms with Gasteiger partial charge in [0.1, 0.15) is 10.8 Å². The summed E-state index contributed by atoms with van der Waals surface area (Å²) in [7, 11) is 0. The maximum atomic E-state index is 5.58. The van der Waals surface area contributed by atoms with E-state index >= 15 is 0 Å². The Morgan fingerprint density at radius 2 is 2.50 bits per heavy atom. The van der Waals surface area contributed by atoms with Gasteiger partial charge in [-0.2, -0.15) is 4.37 Å². The van der Waals surface area contributed by atoms with E-state index < -0.39 is 0 Å². The molecule has 1 rings (SSSR count). The van der Waals surface area contributed by atoms with Crippen molar-refractivity contribution in [2.75, 3.05) is 17.6 Å². The summed E-state index contributed by atoms with van der Waals surface area (Å²) < 4.78 is 4.03. The first kappa shape index (κ1) is 9.06. The first-order valence-corrected chi connectivity index (χ1v) is 4.59. The minimum atomic E-state index is 0.626. The van der Waals surface area contributed by atoms with E-state index in [2.05, 4.69) is 16.3 Å². The predicted octanol–water partition coefficient (Wildman–Crippen LogP) is 2.02. The van der Waals surface area contributed by atoms with Crippen LogP contribution in [-0.4, -0.2) is 10.9 Å². The van der Waals surface area contributed by atoms with Gasteiger partial charge in [0, 0.05) is 12.1 Å². The lowest BCUT2D eigenvalue weighted by Gasteiger charge is -2.00. The number of nitrogens with one attached hydrogen (secondary N) is 1. The molecule has 3 nitrogen and oxygen atoms in total. The molecule has 3 N–H and O–H groups in total. The van der Waals surface area contributed by atoms with Gasteiger partial charge in [0.2, 0.25) is 0 Å². The Balaban J connectivity index is 2.51. The van der Waals surface area contributed by atoms with Crippen molar-refractivity contribution in [2.24, 2.45) is 0 Å². The first-order valence-electron chi connectivity index (χ1n) is 3.82. The van der Waals surface area contributed by atoms with Gasteiger partial charge in [0.15, 0.2) is 0 Å². The van der Waals surface area contributed by atoms with Crippen LogP contribution in [0, 0.1) is 6.92 Å². The molecule has 4 heteroatoms. The van der Waals surface area contributed by atoms with Crippen LogP contribution in [0.1, 0.15) is 12.0 Å². The van der Waals surface area contributed by atoms with E-state index in [4.69, 9.17) is 5.73 Å². The molecule has 1 aromatic rings. The molecule has 0 amide bonds. The van der Waals surface area contributed by atoms with E-state index in [1.807, 2.05) is 13.0 Å². The quantitative estimate of drug-likeness (QED) is 0.554. The number of nitrogens with two attached hydrogens (primary N) is 1. The van der Waals surface area contributed by atoms with Gasteiger partial charge in [-0.05, 0) is 24.9 Å². The number of hydrogen-bond donors (Lipinski definition) is 2. The number of anilines is 2. The molecular weight excluding hydrogens is 170 g/mol. The Bertz CT molecular complexity index is 267. The molecule has 12 heavy (non-hydrogen) atoms. The van der Waals surface area contributed by atoms with Gasteiger partial charge in [-0.15, -0.1) is 6.58 Å². The lowest BCUT2D eigenvalue weighted by Crippen LogP contribution is -1.99. The highest BCUT2D eigenvalue weighted by Crippen LogP contribution is 2.24. The minimum Gasteiger partial charge on any atom is -0.383 e. The number of nitrogens with zero attached hydrogens (tertiary/aromatic N) is 1. The zero-order chi connectivity index (χ0) is 8.97. The third-order valence-corrected chi connectivity index (χ3v) is 2.52. The maximum absolute atomic E-state index is 5.58. The monoisotopic (exact) mass is 183 g/mol. The number of nitrogen functional groups attached to an aromatic ring is 1. The molecule has 0 aliphatic rings. The molecule has 0 saturated heterocycles. The molecule has 0 atom stereocenters. The summed E-state index contributed by atoms with van der Waals surface area (Å²) in [4.78, 5) is 0. The fraction of sp³-hybridized carbons (Fsp3) is 0.375. The molecule has 0 saturated carbocycles. The molecule has 0 bridgehead atoms. The van der Waals surface area contributed by atoms with Gasteiger partial charge in [-0.3, -0.25) is 0 Å². The summed E-state index contributed by atoms with van der Waals surface area (Å²) in [6.07, 6.45) is 2.84. The van der Waals surface area contributed by atoms with Gasteiger partial charge in [0.25, 0.3) is 0 Å². The second-order valence-corrected chi connectivity index (χ2v) is 3.30. The normalized spacial score (nSPS) is 9.75. The molecule has 0 aliphatic heterocycles. The standard InChI is InChI=1S/C8H13N3S/c1-3-4-5-10-8-6(2)7(9)11-12-8/h3,10H,1,4-5H2,2H3,(H2,9,11). The van der Waals surface area contributed by atoms with E-state index in [1.54, 1.807) is 0 Å². The molecule has 0 radical (unpaired) electrons. The average Bonchev–Trinajstić information content (AvgIpc) is 2.36. The fourth-order valence-corrected chi connectivity index (χ4v) is 1.54. The molecule has 0 fully saturated rings. The Labute approximate surface area is 76.5 Å². The molecular formula is C8H13N3S. The third-order valence-electron chi connectivity index (χ3n) is 1.59. The Hall–Kier alpha value is -1.03. The smallest absolute Gasteiger partial charge is 0.142 e. The van der Waals surface area contributed by atoms with E-state index in [0.717, 1.165) is 23.5 Å². The SMILES string of the molecule is C=CCCNc1snc(N)c1C. The van der Waals surface area contributed by atoms with Crippen LogP contribution in [0.25, 0.3) is 0 Å². The zero-order valence-electron chi connectivity index (χ0n) is 7.13. The number of hydrogen-bond acceptors (Lipinski definition) is 4. The summed E-state index contributed by atoms with van der Waals surface area (Å²) in [6, 6.07) is 0. The molecule has 1 aromatic heterocycles. The van der Waals surface area contributed by atoms with Gasteiger partial charge < -0.3 is 11.1 Å². The van der Waals surface area contributed by atoms with Crippen LogP contribution in [-0.2, 0) is 0 Å². The van der Waals surface area contributed by atoms with E-state index in [-0.39, 0.29) is 0 Å². The molecule has 1 heterocycles. The summed E-state index contributed by atoms with van der Waals surface area (Å²) in [5.74, 6) is 0.626. The van der Waals surface area contributed by atoms with Crippen LogP contribution < -0.4 is 11.1 Å². The van der Waals surface area contributed by atoms with Crippen LogP contribution in [0.15, 0.2) is 12.7 Å². The Kier molecular flexibility index (Phi) is 3.10. The highest BCUT2D eigenvalue weighted by Gasteiger charge is 2.04. The van der Waals surface area contributed by atoms with Crippen molar-refractivity contribution in [1.29, 1.82) is 0 Å². The third kappa shape index (κ3) is 1.98. The van der Waals surface area contributed by atoms with Crippen molar-refractivity contribution in [1.82, 2.24) is 4.37 Å². The van der Waals surface area contributed by atoms with Crippen LogP contribution in [0.4, 0.5) is 10.8 Å². The summed E-state index contributed by atoms with van der Waals surface area (Å²) >= 11 is 1.41. The van der Waals surface area contributed by atoms with E-state index in [0.29, 0.717) is 5.82 Å². The molecule has 0 unspecified atom stereocenters. The summed E-state index contributed by atoms with van der Waals surface area (Å²) in [5.41, 5.74) is 6.63. The Morgan fingerprint density at radius 3 is 3.00 bits per heavy atom. The number of rotatable bonds is 4. The lowest BCUT2D eigenvalue weighted by atomic mass is 10.3. The largest absolute Gasteiger partial charge is 0.383 e. The second kappa shape index (κ2) is 4.11. The van der Waals surface area contributed by atoms with Crippen molar-refractivity contribution in [2.45, 2.75) is 13.3 Å². The van der Waals surface area contributed by atoms with Crippen LogP contribution >= 0.6 is 11.5 Å². The highest BCUT2D eigenvalue weighted by molar-refractivity contribution is 7.10. The van der Waals surface area contributed by atoms with Crippen LogP contribution in [0.2, 0.25) is 0 Å². The van der Waals surface area contributed by atoms with Gasteiger partial charge in [0.05, 0.1) is 0 Å². The van der Waals surface area contributed by atoms with Crippen molar-refractivity contribution < 1.29 is 0 Å². The van der Waals surface area contributed by atoms with Crippen molar-refractivity contribution >= 4 is 22.4 Å². The highest BCUT2D eigenvalue weighted by atomic mass is 32.1. The van der Waals surface area contributed by atoms with E-state index in [9.17, 15) is 0 Å². The van der Waals surface area contributed by atoms with Crippen LogP contribution in [0.5, 0.6) is 0 Å². The summed E-state index contributed by atoms with van der Waals surface area (Å²) in [6.45, 7) is 6.50. The van der Waals surface area contributed by atoms with Gasteiger partial charge in [-0.25, -0.2) is 0 Å². The first-order chi connectivity index (χ1) is 5.75. The zero-order valence-corrected chi connectivity index (χ0v) is 7.95. The maximum Gasteiger partial charge on any atom is 0.142 e. The molecule has 0 spiro atoms. The van der Waals surface area contributed by atoms with Crippen molar-refractivity contribution in [3.8, 4) is 0 Å². The second-order valence-electron chi connectivity index (χ2n) is 2.53. The van der Waals surface area contributed by atoms with Crippen molar-refractivity contribution in [3.05, 3.63) is 18.2 Å². The minimum absolute atomic E-state index is 0.626. The topological polar surface area (TPSA) is 50.9 Å². The Morgan fingerprint density at radius 1 is 1.75 bits per heavy atom.